The standard InChI is InChI=1S/C24H46O4/c1-4-5-6-10-13-22(2)24(16-17-24)15-12-9-7-8-11-14-23(25)28-21-20-27-19-18-26-3/h22H,4-21H2,1-3H3. The van der Waals surface area contributed by atoms with Gasteiger partial charge >= 0.3 is 5.97 Å². The van der Waals surface area contributed by atoms with Crippen LogP contribution in [0.4, 0.5) is 0 Å². The zero-order valence-electron chi connectivity index (χ0n) is 18.9. The van der Waals surface area contributed by atoms with Gasteiger partial charge in [-0.3, -0.25) is 4.79 Å². The predicted molar refractivity (Wildman–Crippen MR) is 116 cm³/mol. The molecule has 1 unspecified atom stereocenters. The second-order valence-corrected chi connectivity index (χ2v) is 8.71. The Kier molecular flexibility index (Phi) is 14.7. The lowest BCUT2D eigenvalue weighted by atomic mass is 9.82. The van der Waals surface area contributed by atoms with E-state index in [1.54, 1.807) is 7.11 Å². The van der Waals surface area contributed by atoms with Gasteiger partial charge in [0.2, 0.25) is 0 Å². The number of carbonyl (C=O) groups is 1. The molecular weight excluding hydrogens is 352 g/mol. The molecule has 1 aliphatic carbocycles. The van der Waals surface area contributed by atoms with Gasteiger partial charge in [0.25, 0.3) is 0 Å². The number of hydrogen-bond donors (Lipinski definition) is 0. The highest BCUT2D eigenvalue weighted by molar-refractivity contribution is 5.69. The highest BCUT2D eigenvalue weighted by Gasteiger charge is 2.45. The van der Waals surface area contributed by atoms with E-state index in [2.05, 4.69) is 13.8 Å². The number of esters is 1. The van der Waals surface area contributed by atoms with Crippen LogP contribution >= 0.6 is 0 Å². The molecule has 0 aromatic carbocycles. The molecular formula is C24H46O4. The number of ether oxygens (including phenoxy) is 3. The Morgan fingerprint density at radius 2 is 1.57 bits per heavy atom. The molecule has 166 valence electrons. The number of hydrogen-bond acceptors (Lipinski definition) is 4. The van der Waals surface area contributed by atoms with Gasteiger partial charge in [0, 0.05) is 13.5 Å². The van der Waals surface area contributed by atoms with Crippen LogP contribution < -0.4 is 0 Å². The fourth-order valence-electron chi connectivity index (χ4n) is 4.14. The first-order valence-corrected chi connectivity index (χ1v) is 11.9. The predicted octanol–water partition coefficient (Wildman–Crippen LogP) is 6.31. The molecule has 0 amide bonds. The molecule has 1 rings (SSSR count). The van der Waals surface area contributed by atoms with Crippen LogP contribution in [0.2, 0.25) is 0 Å². The third-order valence-corrected chi connectivity index (χ3v) is 6.41. The van der Waals surface area contributed by atoms with Crippen LogP contribution in [-0.4, -0.2) is 39.5 Å². The van der Waals surface area contributed by atoms with E-state index in [0.717, 1.165) is 18.8 Å². The fraction of sp³-hybridized carbons (Fsp3) is 0.958. The Labute approximate surface area is 174 Å². The molecule has 0 radical (unpaired) electrons. The largest absolute Gasteiger partial charge is 0.463 e. The van der Waals surface area contributed by atoms with Gasteiger partial charge in [-0.25, -0.2) is 0 Å². The van der Waals surface area contributed by atoms with Crippen molar-refractivity contribution >= 4 is 5.97 Å². The molecule has 1 fully saturated rings. The van der Waals surface area contributed by atoms with Crippen LogP contribution in [0.25, 0.3) is 0 Å². The molecule has 1 saturated carbocycles. The molecule has 0 saturated heterocycles. The van der Waals surface area contributed by atoms with E-state index >= 15 is 0 Å². The van der Waals surface area contributed by atoms with E-state index in [9.17, 15) is 4.79 Å². The quantitative estimate of drug-likeness (QED) is 0.178. The van der Waals surface area contributed by atoms with Crippen molar-refractivity contribution in [3.63, 3.8) is 0 Å². The van der Waals surface area contributed by atoms with Gasteiger partial charge < -0.3 is 14.2 Å². The number of methoxy groups -OCH3 is 1. The summed E-state index contributed by atoms with van der Waals surface area (Å²) in [6.45, 7) is 6.71. The average molecular weight is 399 g/mol. The summed E-state index contributed by atoms with van der Waals surface area (Å²) in [5, 5.41) is 0. The minimum absolute atomic E-state index is 0.0934. The van der Waals surface area contributed by atoms with Crippen LogP contribution in [0.1, 0.15) is 104 Å². The van der Waals surface area contributed by atoms with Crippen molar-refractivity contribution in [3.05, 3.63) is 0 Å². The van der Waals surface area contributed by atoms with Gasteiger partial charge in [0.1, 0.15) is 6.61 Å². The highest BCUT2D eigenvalue weighted by Crippen LogP contribution is 2.57. The molecule has 4 nitrogen and oxygen atoms in total. The molecule has 1 atom stereocenters. The molecule has 0 spiro atoms. The fourth-order valence-corrected chi connectivity index (χ4v) is 4.14. The van der Waals surface area contributed by atoms with Crippen LogP contribution in [-0.2, 0) is 19.0 Å². The summed E-state index contributed by atoms with van der Waals surface area (Å²) in [5.41, 5.74) is 0.696. The van der Waals surface area contributed by atoms with Crippen LogP contribution in [0.3, 0.4) is 0 Å². The Bertz CT molecular complexity index is 379. The number of carbonyl (C=O) groups excluding carboxylic acids is 1. The molecule has 1 aliphatic rings. The van der Waals surface area contributed by atoms with Crippen LogP contribution in [0.15, 0.2) is 0 Å². The summed E-state index contributed by atoms with van der Waals surface area (Å²) in [5.74, 6) is 0.821. The van der Waals surface area contributed by atoms with E-state index in [1.807, 2.05) is 0 Å². The SMILES string of the molecule is CCCCCCC(C)C1(CCCCCCCC(=O)OCCOCCOC)CC1. The van der Waals surface area contributed by atoms with Crippen LogP contribution in [0, 0.1) is 11.3 Å². The van der Waals surface area contributed by atoms with Crippen molar-refractivity contribution in [2.24, 2.45) is 11.3 Å². The maximum absolute atomic E-state index is 11.7. The molecule has 0 heterocycles. The summed E-state index contributed by atoms with van der Waals surface area (Å²) in [6, 6.07) is 0. The third kappa shape index (κ3) is 12.1. The zero-order valence-corrected chi connectivity index (χ0v) is 18.9. The van der Waals surface area contributed by atoms with Gasteiger partial charge in [-0.2, -0.15) is 0 Å². The van der Waals surface area contributed by atoms with Crippen LogP contribution in [0.5, 0.6) is 0 Å². The van der Waals surface area contributed by atoms with Crippen molar-refractivity contribution in [2.75, 3.05) is 33.5 Å². The topological polar surface area (TPSA) is 44.8 Å². The maximum Gasteiger partial charge on any atom is 0.305 e. The summed E-state index contributed by atoms with van der Waals surface area (Å²) < 4.78 is 15.3. The first-order valence-electron chi connectivity index (χ1n) is 11.9. The Hall–Kier alpha value is -0.610. The average Bonchev–Trinajstić information content (AvgIpc) is 3.48. The highest BCUT2D eigenvalue weighted by atomic mass is 16.6. The second kappa shape index (κ2) is 16.2. The van der Waals surface area contributed by atoms with Gasteiger partial charge in [-0.1, -0.05) is 71.6 Å². The number of rotatable bonds is 20. The second-order valence-electron chi connectivity index (χ2n) is 8.71. The lowest BCUT2D eigenvalue weighted by molar-refractivity contribution is -0.145. The lowest BCUT2D eigenvalue weighted by Crippen LogP contribution is -2.13. The van der Waals surface area contributed by atoms with Crippen molar-refractivity contribution in [3.8, 4) is 0 Å². The maximum atomic E-state index is 11.7. The summed E-state index contributed by atoms with van der Waals surface area (Å²) in [7, 11) is 1.64. The molecule has 4 heteroatoms. The van der Waals surface area contributed by atoms with E-state index in [1.165, 1.54) is 70.6 Å². The molecule has 0 aromatic rings. The van der Waals surface area contributed by atoms with E-state index in [4.69, 9.17) is 14.2 Å². The van der Waals surface area contributed by atoms with Gasteiger partial charge in [-0.15, -0.1) is 0 Å². The normalized spacial score (nSPS) is 16.1. The Morgan fingerprint density at radius 1 is 0.893 bits per heavy atom. The molecule has 0 bridgehead atoms. The zero-order chi connectivity index (χ0) is 20.5. The molecule has 28 heavy (non-hydrogen) atoms. The Balaban J connectivity index is 1.91. The molecule has 0 aliphatic heterocycles. The first-order chi connectivity index (χ1) is 13.6. The minimum atomic E-state index is -0.0934. The summed E-state index contributed by atoms with van der Waals surface area (Å²) >= 11 is 0. The number of unbranched alkanes of at least 4 members (excludes halogenated alkanes) is 7. The summed E-state index contributed by atoms with van der Waals surface area (Å²) in [6.07, 6.45) is 17.9. The summed E-state index contributed by atoms with van der Waals surface area (Å²) in [4.78, 5) is 11.7. The minimum Gasteiger partial charge on any atom is -0.463 e. The monoisotopic (exact) mass is 398 g/mol. The smallest absolute Gasteiger partial charge is 0.305 e. The molecule has 0 aromatic heterocycles. The Morgan fingerprint density at radius 3 is 2.29 bits per heavy atom. The van der Waals surface area contributed by atoms with E-state index in [0.29, 0.717) is 38.3 Å². The van der Waals surface area contributed by atoms with Crippen molar-refractivity contribution < 1.29 is 19.0 Å². The first kappa shape index (κ1) is 25.4. The van der Waals surface area contributed by atoms with Gasteiger partial charge in [0.05, 0.1) is 19.8 Å². The van der Waals surface area contributed by atoms with Gasteiger partial charge in [-0.05, 0) is 37.0 Å². The van der Waals surface area contributed by atoms with E-state index < -0.39 is 0 Å². The lowest BCUT2D eigenvalue weighted by Gasteiger charge is -2.23. The third-order valence-electron chi connectivity index (χ3n) is 6.41. The van der Waals surface area contributed by atoms with Crippen molar-refractivity contribution in [1.29, 1.82) is 0 Å². The van der Waals surface area contributed by atoms with Gasteiger partial charge in [0.15, 0.2) is 0 Å². The van der Waals surface area contributed by atoms with E-state index in [-0.39, 0.29) is 5.97 Å². The molecule has 0 N–H and O–H groups in total. The van der Waals surface area contributed by atoms with Crippen molar-refractivity contribution in [1.82, 2.24) is 0 Å². The van der Waals surface area contributed by atoms with Crippen molar-refractivity contribution in [2.45, 2.75) is 104 Å².